The molecule has 4 nitrogen and oxygen atoms in total. The second-order valence-electron chi connectivity index (χ2n) is 3.42. The SMILES string of the molecule is Cc1nocc1C(=O)NCC(C)C. The van der Waals surface area contributed by atoms with Crippen LogP contribution in [-0.4, -0.2) is 17.6 Å². The minimum atomic E-state index is -0.118. The number of aromatic nitrogens is 1. The zero-order valence-electron chi connectivity index (χ0n) is 8.13. The zero-order chi connectivity index (χ0) is 9.84. The van der Waals surface area contributed by atoms with Gasteiger partial charge in [-0.2, -0.15) is 0 Å². The highest BCUT2D eigenvalue weighted by atomic mass is 16.5. The number of hydrogen-bond donors (Lipinski definition) is 1. The molecular formula is C9H14N2O2. The lowest BCUT2D eigenvalue weighted by molar-refractivity contribution is 0.0948. The van der Waals surface area contributed by atoms with E-state index in [2.05, 4.69) is 15.0 Å². The molecule has 1 aromatic rings. The van der Waals surface area contributed by atoms with E-state index in [4.69, 9.17) is 0 Å². The molecule has 0 fully saturated rings. The minimum Gasteiger partial charge on any atom is -0.364 e. The predicted octanol–water partition coefficient (Wildman–Crippen LogP) is 1.37. The van der Waals surface area contributed by atoms with Crippen molar-refractivity contribution in [1.82, 2.24) is 10.5 Å². The molecule has 1 aromatic heterocycles. The first-order valence-electron chi connectivity index (χ1n) is 4.30. The van der Waals surface area contributed by atoms with Crippen molar-refractivity contribution in [2.45, 2.75) is 20.8 Å². The van der Waals surface area contributed by atoms with Gasteiger partial charge in [0.1, 0.15) is 11.8 Å². The fraction of sp³-hybridized carbons (Fsp3) is 0.556. The first kappa shape index (κ1) is 9.77. The van der Waals surface area contributed by atoms with E-state index in [9.17, 15) is 4.79 Å². The number of rotatable bonds is 3. The highest BCUT2D eigenvalue weighted by Crippen LogP contribution is 2.04. The summed E-state index contributed by atoms with van der Waals surface area (Å²) in [6.07, 6.45) is 1.37. The molecule has 0 saturated heterocycles. The van der Waals surface area contributed by atoms with Gasteiger partial charge in [0, 0.05) is 6.54 Å². The van der Waals surface area contributed by atoms with Crippen molar-refractivity contribution in [3.05, 3.63) is 17.5 Å². The maximum atomic E-state index is 11.4. The highest BCUT2D eigenvalue weighted by Gasteiger charge is 2.11. The van der Waals surface area contributed by atoms with Gasteiger partial charge in [-0.15, -0.1) is 0 Å². The van der Waals surface area contributed by atoms with Gasteiger partial charge in [0.05, 0.1) is 5.69 Å². The third kappa shape index (κ3) is 2.57. The van der Waals surface area contributed by atoms with Crippen LogP contribution in [0.2, 0.25) is 0 Å². The van der Waals surface area contributed by atoms with Gasteiger partial charge in [-0.25, -0.2) is 0 Å². The van der Waals surface area contributed by atoms with Crippen LogP contribution in [0.3, 0.4) is 0 Å². The Hall–Kier alpha value is -1.32. The quantitative estimate of drug-likeness (QED) is 0.768. The Bertz CT molecular complexity index is 292. The molecule has 1 amide bonds. The van der Waals surface area contributed by atoms with Crippen LogP contribution < -0.4 is 5.32 Å². The van der Waals surface area contributed by atoms with E-state index in [0.717, 1.165) is 0 Å². The van der Waals surface area contributed by atoms with Gasteiger partial charge in [-0.1, -0.05) is 19.0 Å². The van der Waals surface area contributed by atoms with Crippen molar-refractivity contribution in [2.24, 2.45) is 5.92 Å². The van der Waals surface area contributed by atoms with E-state index in [1.165, 1.54) is 6.26 Å². The average Bonchev–Trinajstić information content (AvgIpc) is 2.47. The third-order valence-corrected chi connectivity index (χ3v) is 1.67. The van der Waals surface area contributed by atoms with Crippen LogP contribution in [0.4, 0.5) is 0 Å². The molecule has 0 aliphatic heterocycles. The van der Waals surface area contributed by atoms with Crippen molar-refractivity contribution in [2.75, 3.05) is 6.54 Å². The van der Waals surface area contributed by atoms with E-state index in [-0.39, 0.29) is 5.91 Å². The molecule has 4 heteroatoms. The average molecular weight is 182 g/mol. The maximum absolute atomic E-state index is 11.4. The molecule has 0 atom stereocenters. The molecule has 1 rings (SSSR count). The normalized spacial score (nSPS) is 10.5. The molecule has 0 aliphatic carbocycles. The van der Waals surface area contributed by atoms with Crippen molar-refractivity contribution >= 4 is 5.91 Å². The molecule has 0 spiro atoms. The van der Waals surface area contributed by atoms with Gasteiger partial charge in [-0.05, 0) is 12.8 Å². The second kappa shape index (κ2) is 4.07. The Kier molecular flexibility index (Phi) is 3.06. The topological polar surface area (TPSA) is 55.1 Å². The Balaban J connectivity index is 2.54. The number of carbonyl (C=O) groups excluding carboxylic acids is 1. The molecule has 1 N–H and O–H groups in total. The molecular weight excluding hydrogens is 168 g/mol. The van der Waals surface area contributed by atoms with Crippen molar-refractivity contribution in [1.29, 1.82) is 0 Å². The molecule has 0 radical (unpaired) electrons. The summed E-state index contributed by atoms with van der Waals surface area (Å²) in [6.45, 7) is 6.50. The van der Waals surface area contributed by atoms with Gasteiger partial charge >= 0.3 is 0 Å². The summed E-state index contributed by atoms with van der Waals surface area (Å²) in [4.78, 5) is 11.4. The summed E-state index contributed by atoms with van der Waals surface area (Å²) in [5, 5.41) is 6.42. The van der Waals surface area contributed by atoms with Gasteiger partial charge in [0.25, 0.3) is 5.91 Å². The number of carbonyl (C=O) groups is 1. The number of nitrogens with zero attached hydrogens (tertiary/aromatic N) is 1. The lowest BCUT2D eigenvalue weighted by atomic mass is 10.2. The van der Waals surface area contributed by atoms with Gasteiger partial charge in [-0.3, -0.25) is 4.79 Å². The molecule has 1 heterocycles. The molecule has 0 unspecified atom stereocenters. The van der Waals surface area contributed by atoms with Crippen LogP contribution in [-0.2, 0) is 0 Å². The Morgan fingerprint density at radius 2 is 2.38 bits per heavy atom. The van der Waals surface area contributed by atoms with Crippen molar-refractivity contribution in [3.63, 3.8) is 0 Å². The van der Waals surface area contributed by atoms with Crippen LogP contribution in [0, 0.1) is 12.8 Å². The molecule has 0 aromatic carbocycles. The fourth-order valence-electron chi connectivity index (χ4n) is 0.902. The van der Waals surface area contributed by atoms with Crippen LogP contribution in [0.25, 0.3) is 0 Å². The monoisotopic (exact) mass is 182 g/mol. The molecule has 0 saturated carbocycles. The number of aryl methyl sites for hydroxylation is 1. The van der Waals surface area contributed by atoms with E-state index < -0.39 is 0 Å². The summed E-state index contributed by atoms with van der Waals surface area (Å²) in [6, 6.07) is 0. The summed E-state index contributed by atoms with van der Waals surface area (Å²) < 4.78 is 4.66. The van der Waals surface area contributed by atoms with E-state index in [1.807, 2.05) is 13.8 Å². The van der Waals surface area contributed by atoms with Crippen LogP contribution in [0.5, 0.6) is 0 Å². The van der Waals surface area contributed by atoms with Crippen LogP contribution in [0.1, 0.15) is 29.9 Å². The molecule has 0 aliphatic rings. The number of amides is 1. The second-order valence-corrected chi connectivity index (χ2v) is 3.42. The Morgan fingerprint density at radius 1 is 1.69 bits per heavy atom. The standard InChI is InChI=1S/C9H14N2O2/c1-6(2)4-10-9(12)8-5-13-11-7(8)3/h5-6H,4H2,1-3H3,(H,10,12). The molecule has 13 heavy (non-hydrogen) atoms. The third-order valence-electron chi connectivity index (χ3n) is 1.67. The zero-order valence-corrected chi connectivity index (χ0v) is 8.13. The van der Waals surface area contributed by atoms with Gasteiger partial charge in [0.2, 0.25) is 0 Å². The molecule has 72 valence electrons. The fourth-order valence-corrected chi connectivity index (χ4v) is 0.902. The lowest BCUT2D eigenvalue weighted by Crippen LogP contribution is -2.27. The van der Waals surface area contributed by atoms with Crippen LogP contribution >= 0.6 is 0 Å². The maximum Gasteiger partial charge on any atom is 0.256 e. The van der Waals surface area contributed by atoms with Crippen molar-refractivity contribution < 1.29 is 9.32 Å². The Morgan fingerprint density at radius 3 is 2.85 bits per heavy atom. The number of nitrogens with one attached hydrogen (secondary N) is 1. The summed E-state index contributed by atoms with van der Waals surface area (Å²) in [5.74, 6) is 0.330. The van der Waals surface area contributed by atoms with E-state index in [1.54, 1.807) is 6.92 Å². The summed E-state index contributed by atoms with van der Waals surface area (Å²) in [5.41, 5.74) is 1.14. The van der Waals surface area contributed by atoms with Gasteiger partial charge < -0.3 is 9.84 Å². The predicted molar refractivity (Wildman–Crippen MR) is 48.4 cm³/mol. The first-order valence-corrected chi connectivity index (χ1v) is 4.30. The molecule has 0 bridgehead atoms. The lowest BCUT2D eigenvalue weighted by Gasteiger charge is -2.05. The van der Waals surface area contributed by atoms with E-state index in [0.29, 0.717) is 23.7 Å². The van der Waals surface area contributed by atoms with E-state index >= 15 is 0 Å². The Labute approximate surface area is 77.3 Å². The smallest absolute Gasteiger partial charge is 0.256 e. The minimum absolute atomic E-state index is 0.118. The first-order chi connectivity index (χ1) is 6.11. The summed E-state index contributed by atoms with van der Waals surface area (Å²) in [7, 11) is 0. The van der Waals surface area contributed by atoms with Crippen molar-refractivity contribution in [3.8, 4) is 0 Å². The summed E-state index contributed by atoms with van der Waals surface area (Å²) >= 11 is 0. The number of hydrogen-bond acceptors (Lipinski definition) is 3. The van der Waals surface area contributed by atoms with Crippen LogP contribution in [0.15, 0.2) is 10.8 Å². The highest BCUT2D eigenvalue weighted by molar-refractivity contribution is 5.94. The largest absolute Gasteiger partial charge is 0.364 e. The van der Waals surface area contributed by atoms with Gasteiger partial charge in [0.15, 0.2) is 0 Å².